The van der Waals surface area contributed by atoms with E-state index < -0.39 is 0 Å². The van der Waals surface area contributed by atoms with Gasteiger partial charge in [0.1, 0.15) is 6.79 Å². The van der Waals surface area contributed by atoms with Crippen molar-refractivity contribution >= 4 is 44.5 Å². The van der Waals surface area contributed by atoms with Crippen LogP contribution < -0.4 is 0 Å². The third-order valence-corrected chi connectivity index (χ3v) is 0. The van der Waals surface area contributed by atoms with Gasteiger partial charge in [-0.3, -0.25) is 0 Å². The quantitative estimate of drug-likeness (QED) is 0.346. The van der Waals surface area contributed by atoms with Crippen LogP contribution in [0.3, 0.4) is 0 Å². The van der Waals surface area contributed by atoms with Crippen LogP contribution in [-0.4, -0.2) is 50.0 Å². The molecule has 0 aliphatic rings. The molecule has 0 saturated carbocycles. The first-order valence-electron chi connectivity index (χ1n) is 0.289. The number of rotatable bonds is 0. The van der Waals surface area contributed by atoms with Crippen LogP contribution in [0.4, 0.5) is 0 Å². The van der Waals surface area contributed by atoms with Crippen molar-refractivity contribution in [2.45, 2.75) is 0 Å². The van der Waals surface area contributed by atoms with E-state index in [0.717, 1.165) is 0 Å². The van der Waals surface area contributed by atoms with E-state index >= 15 is 0 Å². The summed E-state index contributed by atoms with van der Waals surface area (Å²) in [6.45, 7) is 2.00. The molecule has 0 unspecified atom stereocenters. The van der Waals surface area contributed by atoms with Crippen LogP contribution in [0.15, 0.2) is 0 Å². The van der Waals surface area contributed by atoms with Crippen LogP contribution in [0.2, 0.25) is 0 Å². The van der Waals surface area contributed by atoms with E-state index in [1.54, 1.807) is 0 Å². The first-order valence-corrected chi connectivity index (χ1v) is 0.289. The molecule has 4 heavy (non-hydrogen) atoms. The molecule has 0 atom stereocenters. The third-order valence-electron chi connectivity index (χ3n) is 0. The zero-order chi connectivity index (χ0) is 2.00. The van der Waals surface area contributed by atoms with Crippen molar-refractivity contribution in [3.63, 3.8) is 0 Å². The Morgan fingerprint density at radius 3 is 1.50 bits per heavy atom. The van der Waals surface area contributed by atoms with Gasteiger partial charge in [0.15, 0.2) is 0 Å². The van der Waals surface area contributed by atoms with Crippen molar-refractivity contribution in [2.24, 2.45) is 0 Å². The Balaban J connectivity index is -0.000000000833. The zero-order valence-electron chi connectivity index (χ0n) is 4.32. The SMILES string of the molecule is C=O.O.[Ca+2].[H-].[H-]. The molecule has 2 nitrogen and oxygen atoms in total. The second kappa shape index (κ2) is 41.0. The Morgan fingerprint density at radius 2 is 1.50 bits per heavy atom. The Morgan fingerprint density at radius 1 is 1.50 bits per heavy atom. The predicted octanol–water partition coefficient (Wildman–Crippen LogP) is -1.17. The monoisotopic (exact) mass is 90.0 g/mol. The van der Waals surface area contributed by atoms with Crippen LogP contribution in [0.25, 0.3) is 0 Å². The minimum absolute atomic E-state index is 0. The molecule has 0 aromatic carbocycles. The minimum atomic E-state index is 0. The topological polar surface area (TPSA) is 48.6 Å². The van der Waals surface area contributed by atoms with Crippen LogP contribution in [0, 0.1) is 0 Å². The first-order chi connectivity index (χ1) is 1.00. The average Bonchev–Trinajstić information content (AvgIpc) is 1.00. The van der Waals surface area contributed by atoms with E-state index in [1.165, 1.54) is 0 Å². The molecule has 24 valence electrons. The molecule has 2 N–H and O–H groups in total. The second-order valence-corrected chi connectivity index (χ2v) is 0. The van der Waals surface area contributed by atoms with Crippen LogP contribution in [-0.2, 0) is 4.79 Å². The van der Waals surface area contributed by atoms with Gasteiger partial charge in [0.2, 0.25) is 0 Å². The molecular weight excluding hydrogens is 84.1 g/mol. The van der Waals surface area contributed by atoms with Crippen LogP contribution >= 0.6 is 0 Å². The van der Waals surface area contributed by atoms with E-state index in [1.807, 2.05) is 6.79 Å². The number of hydrogen-bond acceptors (Lipinski definition) is 1. The minimum Gasteiger partial charge on any atom is -1.00 e. The van der Waals surface area contributed by atoms with Crippen molar-refractivity contribution in [1.82, 2.24) is 0 Å². The summed E-state index contributed by atoms with van der Waals surface area (Å²) in [5.74, 6) is 0. The molecule has 0 bridgehead atoms. The molecule has 0 amide bonds. The fourth-order valence-corrected chi connectivity index (χ4v) is 0. The molecule has 0 heterocycles. The van der Waals surface area contributed by atoms with Gasteiger partial charge in [-0.2, -0.15) is 0 Å². The number of carbonyl (C=O) groups excluding carboxylic acids is 1. The summed E-state index contributed by atoms with van der Waals surface area (Å²) in [6, 6.07) is 0. The smallest absolute Gasteiger partial charge is 1.00 e. The van der Waals surface area contributed by atoms with Crippen molar-refractivity contribution in [3.05, 3.63) is 0 Å². The van der Waals surface area contributed by atoms with Gasteiger partial charge < -0.3 is 13.1 Å². The van der Waals surface area contributed by atoms with Crippen molar-refractivity contribution in [3.8, 4) is 0 Å². The molecule has 0 spiro atoms. The standard InChI is InChI=1S/CH2O.Ca.H2O.2H/c1-2;;;;/h1H2;;1H2;;/q;+2;;2*-1. The molecule has 0 fully saturated rings. The van der Waals surface area contributed by atoms with Crippen LogP contribution in [0.5, 0.6) is 0 Å². The summed E-state index contributed by atoms with van der Waals surface area (Å²) in [6.07, 6.45) is 0. The molecule has 0 rings (SSSR count). The van der Waals surface area contributed by atoms with E-state index in [4.69, 9.17) is 4.79 Å². The van der Waals surface area contributed by atoms with E-state index in [2.05, 4.69) is 0 Å². The number of carbonyl (C=O) groups is 1. The van der Waals surface area contributed by atoms with E-state index in [0.29, 0.717) is 0 Å². The Kier molecular flexibility index (Phi) is 213. The Labute approximate surface area is 57.5 Å². The maximum absolute atomic E-state index is 8.00. The second-order valence-electron chi connectivity index (χ2n) is 0. The average molecular weight is 90.1 g/mol. The van der Waals surface area contributed by atoms with Gasteiger partial charge in [-0.1, -0.05) is 0 Å². The van der Waals surface area contributed by atoms with Crippen molar-refractivity contribution < 1.29 is 13.1 Å². The summed E-state index contributed by atoms with van der Waals surface area (Å²) < 4.78 is 0. The molecule has 0 aromatic heterocycles. The van der Waals surface area contributed by atoms with Gasteiger partial charge in [0.25, 0.3) is 0 Å². The Hall–Kier alpha value is 0.890. The summed E-state index contributed by atoms with van der Waals surface area (Å²) in [5, 5.41) is 0. The summed E-state index contributed by atoms with van der Waals surface area (Å²) in [7, 11) is 0. The van der Waals surface area contributed by atoms with Crippen LogP contribution in [0.1, 0.15) is 2.85 Å². The molecule has 0 radical (unpaired) electrons. The fraction of sp³-hybridized carbons (Fsp3) is 0. The number of hydrogen-bond donors (Lipinski definition) is 0. The molecule has 3 heteroatoms. The molecule has 0 aliphatic heterocycles. The van der Waals surface area contributed by atoms with Gasteiger partial charge in [0, 0.05) is 0 Å². The van der Waals surface area contributed by atoms with Gasteiger partial charge >= 0.3 is 37.7 Å². The maximum atomic E-state index is 8.00. The van der Waals surface area contributed by atoms with Crippen molar-refractivity contribution in [1.29, 1.82) is 0 Å². The van der Waals surface area contributed by atoms with Crippen molar-refractivity contribution in [2.75, 3.05) is 0 Å². The summed E-state index contributed by atoms with van der Waals surface area (Å²) in [5.41, 5.74) is 0. The predicted molar refractivity (Wildman–Crippen MR) is 18.7 cm³/mol. The fourth-order valence-electron chi connectivity index (χ4n) is 0. The van der Waals surface area contributed by atoms with Gasteiger partial charge in [-0.25, -0.2) is 0 Å². The normalized spacial score (nSPS) is 1.00. The molecule has 0 saturated heterocycles. The van der Waals surface area contributed by atoms with E-state index in [9.17, 15) is 0 Å². The van der Waals surface area contributed by atoms with Gasteiger partial charge in [0.05, 0.1) is 0 Å². The van der Waals surface area contributed by atoms with E-state index in [-0.39, 0.29) is 46.1 Å². The summed E-state index contributed by atoms with van der Waals surface area (Å²) >= 11 is 0. The first kappa shape index (κ1) is 20.7. The van der Waals surface area contributed by atoms with Gasteiger partial charge in [-0.05, 0) is 0 Å². The third kappa shape index (κ3) is 13.0. The maximum Gasteiger partial charge on any atom is 2.00 e. The molecule has 0 aliphatic carbocycles. The summed E-state index contributed by atoms with van der Waals surface area (Å²) in [4.78, 5) is 8.00. The Bertz CT molecular complexity index is 11.5. The zero-order valence-corrected chi connectivity index (χ0v) is 4.53. The molecular formula is CH6CaO2. The molecule has 0 aromatic rings. The van der Waals surface area contributed by atoms with Gasteiger partial charge in [-0.15, -0.1) is 0 Å². The largest absolute Gasteiger partial charge is 2.00 e.